The summed E-state index contributed by atoms with van der Waals surface area (Å²) in [6.07, 6.45) is 1.66. The van der Waals surface area contributed by atoms with Crippen molar-refractivity contribution in [2.75, 3.05) is 11.1 Å². The summed E-state index contributed by atoms with van der Waals surface area (Å²) in [5.74, 6) is -0.0999. The Hall–Kier alpha value is -3.57. The van der Waals surface area contributed by atoms with Gasteiger partial charge in [-0.15, -0.1) is 10.2 Å². The Labute approximate surface area is 191 Å². The Morgan fingerprint density at radius 2 is 1.97 bits per heavy atom. The highest BCUT2D eigenvalue weighted by Gasteiger charge is 2.18. The number of nitrogens with one attached hydrogen (secondary N) is 1. The van der Waals surface area contributed by atoms with Crippen LogP contribution in [-0.2, 0) is 4.79 Å². The number of hydrogen-bond donors (Lipinski definition) is 1. The minimum absolute atomic E-state index is 0.0000812. The van der Waals surface area contributed by atoms with Gasteiger partial charge in [0.1, 0.15) is 5.01 Å². The van der Waals surface area contributed by atoms with Crippen LogP contribution in [0.1, 0.15) is 10.6 Å². The minimum Gasteiger partial charge on any atom is -0.300 e. The molecule has 0 aliphatic carbocycles. The average molecular weight is 467 g/mol. The second-order valence-corrected chi connectivity index (χ2v) is 8.99. The van der Waals surface area contributed by atoms with Crippen LogP contribution < -0.4 is 5.32 Å². The number of benzene rings is 2. The molecular formula is C21H18N6O3S2. The first-order valence-corrected chi connectivity index (χ1v) is 11.3. The van der Waals surface area contributed by atoms with E-state index in [9.17, 15) is 14.9 Å². The maximum Gasteiger partial charge on any atom is 0.270 e. The maximum absolute atomic E-state index is 12.4. The predicted molar refractivity (Wildman–Crippen MR) is 124 cm³/mol. The SMILES string of the molecule is Cc1ccc(-n2c(-c3cccc([N+](=O)[O-])c3)cnc2SCC(=O)Nc2nnc(C)s2)cc1. The van der Waals surface area contributed by atoms with Gasteiger partial charge in [0.2, 0.25) is 11.0 Å². The lowest BCUT2D eigenvalue weighted by atomic mass is 10.1. The van der Waals surface area contributed by atoms with E-state index >= 15 is 0 Å². The van der Waals surface area contributed by atoms with Crippen LogP contribution in [0.3, 0.4) is 0 Å². The molecule has 0 aliphatic rings. The number of amides is 1. The highest BCUT2D eigenvalue weighted by molar-refractivity contribution is 7.99. The number of rotatable bonds is 7. The number of nitrogens with zero attached hydrogens (tertiary/aromatic N) is 5. The number of anilines is 1. The molecule has 0 fully saturated rings. The molecule has 1 amide bonds. The van der Waals surface area contributed by atoms with Crippen molar-refractivity contribution < 1.29 is 9.72 Å². The van der Waals surface area contributed by atoms with E-state index in [2.05, 4.69) is 20.5 Å². The number of non-ortho nitro benzene ring substituents is 1. The van der Waals surface area contributed by atoms with Gasteiger partial charge < -0.3 is 0 Å². The first kappa shape index (κ1) is 21.7. The summed E-state index contributed by atoms with van der Waals surface area (Å²) in [7, 11) is 0. The lowest BCUT2D eigenvalue weighted by Crippen LogP contribution is -2.14. The van der Waals surface area contributed by atoms with Gasteiger partial charge in [-0.1, -0.05) is 52.9 Å². The Bertz CT molecular complexity index is 1280. The number of thioether (sulfide) groups is 1. The second kappa shape index (κ2) is 9.28. The second-order valence-electron chi connectivity index (χ2n) is 6.87. The smallest absolute Gasteiger partial charge is 0.270 e. The standard InChI is InChI=1S/C21H18N6O3S2/c1-13-6-8-16(9-7-13)26-18(15-4-3-5-17(10-15)27(29)30)11-22-21(26)31-12-19(28)23-20-25-24-14(2)32-20/h3-11H,12H2,1-2H3,(H,23,25,28). The highest BCUT2D eigenvalue weighted by Crippen LogP contribution is 2.31. The lowest BCUT2D eigenvalue weighted by molar-refractivity contribution is -0.384. The highest BCUT2D eigenvalue weighted by atomic mass is 32.2. The molecule has 4 aromatic rings. The van der Waals surface area contributed by atoms with Crippen LogP contribution >= 0.6 is 23.1 Å². The summed E-state index contributed by atoms with van der Waals surface area (Å²) in [6.45, 7) is 3.81. The summed E-state index contributed by atoms with van der Waals surface area (Å²) in [5, 5.41) is 23.6. The number of nitro groups is 1. The summed E-state index contributed by atoms with van der Waals surface area (Å²) >= 11 is 2.57. The van der Waals surface area contributed by atoms with Crippen LogP contribution in [0.25, 0.3) is 16.9 Å². The minimum atomic E-state index is -0.425. The van der Waals surface area contributed by atoms with E-state index in [0.717, 1.165) is 16.3 Å². The number of hydrogen-bond acceptors (Lipinski definition) is 8. The molecule has 0 atom stereocenters. The van der Waals surface area contributed by atoms with Gasteiger partial charge in [0.25, 0.3) is 5.69 Å². The first-order chi connectivity index (χ1) is 15.4. The topological polar surface area (TPSA) is 116 Å². The fraction of sp³-hybridized carbons (Fsp3) is 0.143. The third-order valence-electron chi connectivity index (χ3n) is 4.48. The van der Waals surface area contributed by atoms with Gasteiger partial charge in [-0.3, -0.25) is 24.8 Å². The normalized spacial score (nSPS) is 10.8. The molecule has 2 aromatic carbocycles. The van der Waals surface area contributed by atoms with Crippen LogP contribution in [0.4, 0.5) is 10.8 Å². The molecule has 9 nitrogen and oxygen atoms in total. The van der Waals surface area contributed by atoms with E-state index in [4.69, 9.17) is 0 Å². The average Bonchev–Trinajstić information content (AvgIpc) is 3.39. The number of imidazole rings is 1. The Morgan fingerprint density at radius 1 is 1.19 bits per heavy atom. The van der Waals surface area contributed by atoms with E-state index < -0.39 is 4.92 Å². The van der Waals surface area contributed by atoms with Gasteiger partial charge >= 0.3 is 0 Å². The van der Waals surface area contributed by atoms with Gasteiger partial charge in [0, 0.05) is 23.4 Å². The molecule has 162 valence electrons. The van der Waals surface area contributed by atoms with Crippen LogP contribution in [0, 0.1) is 24.0 Å². The Kier molecular flexibility index (Phi) is 6.28. The first-order valence-electron chi connectivity index (χ1n) is 9.53. The Balaban J connectivity index is 1.65. The van der Waals surface area contributed by atoms with E-state index in [1.807, 2.05) is 42.7 Å². The third kappa shape index (κ3) is 4.84. The molecule has 0 aliphatic heterocycles. The van der Waals surface area contributed by atoms with Crippen LogP contribution in [0.15, 0.2) is 59.9 Å². The number of nitro benzene ring substituents is 1. The number of aromatic nitrogens is 4. The summed E-state index contributed by atoms with van der Waals surface area (Å²) in [4.78, 5) is 27.7. The summed E-state index contributed by atoms with van der Waals surface area (Å²) in [5.41, 5.74) is 3.30. The van der Waals surface area contributed by atoms with Gasteiger partial charge in [-0.25, -0.2) is 4.98 Å². The number of aryl methyl sites for hydroxylation is 2. The molecule has 1 N–H and O–H groups in total. The number of carbonyl (C=O) groups is 1. The van der Waals surface area contributed by atoms with Crippen molar-refractivity contribution in [3.63, 3.8) is 0 Å². The molecule has 0 radical (unpaired) electrons. The van der Waals surface area contributed by atoms with Gasteiger partial charge in [0.05, 0.1) is 22.6 Å². The maximum atomic E-state index is 12.4. The number of carbonyl (C=O) groups excluding carboxylic acids is 1. The van der Waals surface area contributed by atoms with Crippen molar-refractivity contribution in [2.24, 2.45) is 0 Å². The molecule has 0 bridgehead atoms. The van der Waals surface area contributed by atoms with Crippen molar-refractivity contribution in [1.29, 1.82) is 0 Å². The molecule has 4 rings (SSSR count). The van der Waals surface area contributed by atoms with Gasteiger partial charge in [0.15, 0.2) is 5.16 Å². The summed E-state index contributed by atoms with van der Waals surface area (Å²) < 4.78 is 1.89. The lowest BCUT2D eigenvalue weighted by Gasteiger charge is -2.12. The fourth-order valence-electron chi connectivity index (χ4n) is 3.00. The van der Waals surface area contributed by atoms with Crippen molar-refractivity contribution >= 4 is 39.8 Å². The van der Waals surface area contributed by atoms with Crippen LogP contribution in [-0.4, -0.2) is 36.3 Å². The van der Waals surface area contributed by atoms with Crippen LogP contribution in [0.2, 0.25) is 0 Å². The fourth-order valence-corrected chi connectivity index (χ4v) is 4.40. The largest absolute Gasteiger partial charge is 0.300 e. The van der Waals surface area contributed by atoms with Crippen molar-refractivity contribution in [3.8, 4) is 16.9 Å². The zero-order valence-corrected chi connectivity index (χ0v) is 18.8. The summed E-state index contributed by atoms with van der Waals surface area (Å²) in [6, 6.07) is 14.3. The van der Waals surface area contributed by atoms with Crippen LogP contribution in [0.5, 0.6) is 0 Å². The molecule has 2 aromatic heterocycles. The van der Waals surface area contributed by atoms with Gasteiger partial charge in [-0.05, 0) is 26.0 Å². The monoisotopic (exact) mass is 466 g/mol. The van der Waals surface area contributed by atoms with E-state index in [-0.39, 0.29) is 17.3 Å². The van der Waals surface area contributed by atoms with Crippen molar-refractivity contribution in [1.82, 2.24) is 19.7 Å². The molecule has 32 heavy (non-hydrogen) atoms. The van der Waals surface area contributed by atoms with E-state index in [1.54, 1.807) is 18.3 Å². The zero-order valence-electron chi connectivity index (χ0n) is 17.2. The molecule has 0 saturated carbocycles. The molecule has 0 spiro atoms. The molecule has 11 heteroatoms. The molecule has 2 heterocycles. The van der Waals surface area contributed by atoms with Crippen molar-refractivity contribution in [2.45, 2.75) is 19.0 Å². The quantitative estimate of drug-likeness (QED) is 0.239. The van der Waals surface area contributed by atoms with E-state index in [0.29, 0.717) is 21.5 Å². The van der Waals surface area contributed by atoms with E-state index in [1.165, 1.54) is 35.2 Å². The Morgan fingerprint density at radius 3 is 2.66 bits per heavy atom. The molecule has 0 saturated heterocycles. The van der Waals surface area contributed by atoms with Gasteiger partial charge in [-0.2, -0.15) is 0 Å². The third-order valence-corrected chi connectivity index (χ3v) is 6.19. The molecule has 0 unspecified atom stereocenters. The van der Waals surface area contributed by atoms with Crippen molar-refractivity contribution in [3.05, 3.63) is 75.4 Å². The zero-order chi connectivity index (χ0) is 22.7. The molecular weight excluding hydrogens is 448 g/mol. The predicted octanol–water partition coefficient (Wildman–Crippen LogP) is 4.65.